The molecule has 0 aromatic carbocycles. The molecule has 0 spiro atoms. The summed E-state index contributed by atoms with van der Waals surface area (Å²) >= 11 is 0. The molecule has 2 aliphatic rings. The number of hydrogen-bond donors (Lipinski definition) is 1. The van der Waals surface area contributed by atoms with Crippen molar-refractivity contribution in [2.45, 2.75) is 18.6 Å². The molecule has 136 valence electrons. The third-order valence-corrected chi connectivity index (χ3v) is 5.31. The predicted molar refractivity (Wildman–Crippen MR) is 95.9 cm³/mol. The fourth-order valence-corrected chi connectivity index (χ4v) is 3.95. The Morgan fingerprint density at radius 1 is 1.27 bits per heavy atom. The number of aromatic nitrogens is 4. The Kier molecular flexibility index (Phi) is 3.57. The average Bonchev–Trinajstić information content (AvgIpc) is 3.38. The van der Waals surface area contributed by atoms with Crippen molar-refractivity contribution in [3.63, 3.8) is 0 Å². The lowest BCUT2D eigenvalue weighted by Crippen LogP contribution is -2.50. The van der Waals surface area contributed by atoms with Gasteiger partial charge in [-0.15, -0.1) is 5.10 Å². The lowest BCUT2D eigenvalue weighted by Gasteiger charge is -2.37. The van der Waals surface area contributed by atoms with Gasteiger partial charge >= 0.3 is 0 Å². The molecule has 2 fully saturated rings. The number of piperazine rings is 1. The van der Waals surface area contributed by atoms with Crippen LogP contribution in [0, 0.1) is 0 Å². The Balaban J connectivity index is 1.44. The highest BCUT2D eigenvalue weighted by Crippen LogP contribution is 2.27. The highest BCUT2D eigenvalue weighted by Gasteiger charge is 2.36. The smallest absolute Gasteiger partial charge is 0.225 e. The first-order valence-corrected chi connectivity index (χ1v) is 8.80. The molecule has 2 saturated heterocycles. The van der Waals surface area contributed by atoms with E-state index in [2.05, 4.69) is 24.9 Å². The second kappa shape index (κ2) is 5.96. The van der Waals surface area contributed by atoms with Gasteiger partial charge in [0.1, 0.15) is 5.82 Å². The molecule has 5 heterocycles. The Labute approximate surface area is 150 Å². The number of rotatable bonds is 3. The number of hydrogen-bond acceptors (Lipinski definition) is 8. The van der Waals surface area contributed by atoms with Crippen LogP contribution in [0.3, 0.4) is 0 Å². The molecule has 0 amide bonds. The van der Waals surface area contributed by atoms with Crippen LogP contribution in [0.2, 0.25) is 0 Å². The van der Waals surface area contributed by atoms with Crippen LogP contribution in [0.15, 0.2) is 28.9 Å². The molecule has 0 saturated carbocycles. The summed E-state index contributed by atoms with van der Waals surface area (Å²) in [7, 11) is 1.79. The van der Waals surface area contributed by atoms with Crippen LogP contribution in [0.4, 0.5) is 11.8 Å². The molecule has 3 aromatic rings. The van der Waals surface area contributed by atoms with Crippen LogP contribution in [0.5, 0.6) is 0 Å². The summed E-state index contributed by atoms with van der Waals surface area (Å²) in [6, 6.07) is 6.06. The first-order chi connectivity index (χ1) is 12.7. The Hall–Kier alpha value is -2.65. The van der Waals surface area contributed by atoms with E-state index < -0.39 is 0 Å². The second-order valence-electron chi connectivity index (χ2n) is 6.84. The molecule has 26 heavy (non-hydrogen) atoms. The molecule has 5 rings (SSSR count). The van der Waals surface area contributed by atoms with Gasteiger partial charge in [-0.3, -0.25) is 4.90 Å². The summed E-state index contributed by atoms with van der Waals surface area (Å²) in [5, 5.41) is 4.40. The van der Waals surface area contributed by atoms with Crippen molar-refractivity contribution in [3.05, 3.63) is 24.5 Å². The standard InChI is InChI=1S/C17H21N7O2/c1-25-12-7-11-9-23(5-4-22(11)10-12)14-8-15-19-16(13-3-2-6-26-13)21-24(15)17(18)20-14/h2-3,6,8,11-12H,4-5,7,9-10H2,1H3,(H2,18,20)/t11-,12+/m1/s1. The lowest BCUT2D eigenvalue weighted by molar-refractivity contribution is 0.108. The van der Waals surface area contributed by atoms with Crippen molar-refractivity contribution in [1.82, 2.24) is 24.5 Å². The zero-order valence-electron chi connectivity index (χ0n) is 14.6. The van der Waals surface area contributed by atoms with Crippen molar-refractivity contribution in [3.8, 4) is 11.6 Å². The predicted octanol–water partition coefficient (Wildman–Crippen LogP) is 0.876. The van der Waals surface area contributed by atoms with Crippen LogP contribution in [-0.2, 0) is 4.74 Å². The van der Waals surface area contributed by atoms with E-state index in [4.69, 9.17) is 14.9 Å². The van der Waals surface area contributed by atoms with Gasteiger partial charge in [-0.05, 0) is 18.6 Å². The lowest BCUT2D eigenvalue weighted by atomic mass is 10.1. The normalized spacial score (nSPS) is 23.7. The number of nitrogen functional groups attached to an aromatic ring is 1. The first kappa shape index (κ1) is 15.6. The topological polar surface area (TPSA) is 97.9 Å². The zero-order chi connectivity index (χ0) is 17.7. The summed E-state index contributed by atoms with van der Waals surface area (Å²) in [6.45, 7) is 3.85. The average molecular weight is 355 g/mol. The number of nitrogens with two attached hydrogens (primary N) is 1. The highest BCUT2D eigenvalue weighted by atomic mass is 16.5. The van der Waals surface area contributed by atoms with Gasteiger partial charge in [0.05, 0.1) is 12.4 Å². The Morgan fingerprint density at radius 2 is 2.19 bits per heavy atom. The molecular weight excluding hydrogens is 334 g/mol. The largest absolute Gasteiger partial charge is 0.461 e. The molecule has 0 bridgehead atoms. The monoisotopic (exact) mass is 355 g/mol. The van der Waals surface area contributed by atoms with E-state index >= 15 is 0 Å². The van der Waals surface area contributed by atoms with Gasteiger partial charge in [-0.1, -0.05) is 0 Å². The van der Waals surface area contributed by atoms with E-state index in [9.17, 15) is 0 Å². The third kappa shape index (κ3) is 2.51. The number of ether oxygens (including phenoxy) is 1. The number of anilines is 2. The van der Waals surface area contributed by atoms with Crippen LogP contribution >= 0.6 is 0 Å². The van der Waals surface area contributed by atoms with E-state index in [1.54, 1.807) is 17.9 Å². The fraction of sp³-hybridized carbons (Fsp3) is 0.471. The van der Waals surface area contributed by atoms with Crippen LogP contribution in [0.25, 0.3) is 17.2 Å². The van der Waals surface area contributed by atoms with Gasteiger partial charge in [0.25, 0.3) is 0 Å². The minimum Gasteiger partial charge on any atom is -0.461 e. The second-order valence-corrected chi connectivity index (χ2v) is 6.84. The van der Waals surface area contributed by atoms with Crippen molar-refractivity contribution < 1.29 is 9.15 Å². The molecule has 0 radical (unpaired) electrons. The van der Waals surface area contributed by atoms with Crippen molar-refractivity contribution in [1.29, 1.82) is 0 Å². The highest BCUT2D eigenvalue weighted by molar-refractivity contribution is 5.59. The van der Waals surface area contributed by atoms with E-state index in [1.165, 1.54) is 0 Å². The van der Waals surface area contributed by atoms with Gasteiger partial charge in [-0.2, -0.15) is 9.50 Å². The molecule has 0 unspecified atom stereocenters. The molecule has 9 nitrogen and oxygen atoms in total. The van der Waals surface area contributed by atoms with E-state index in [-0.39, 0.29) is 0 Å². The molecule has 2 atom stereocenters. The summed E-state index contributed by atoms with van der Waals surface area (Å²) in [6.07, 6.45) is 2.98. The number of fused-ring (bicyclic) bond motifs is 2. The molecule has 2 N–H and O–H groups in total. The minimum absolute atomic E-state index is 0.325. The maximum atomic E-state index is 6.14. The molecule has 9 heteroatoms. The van der Waals surface area contributed by atoms with Crippen LogP contribution < -0.4 is 10.6 Å². The van der Waals surface area contributed by atoms with Crippen molar-refractivity contribution >= 4 is 17.4 Å². The molecule has 0 aliphatic carbocycles. The Bertz CT molecular complexity index is 923. The van der Waals surface area contributed by atoms with Crippen molar-refractivity contribution in [2.24, 2.45) is 0 Å². The summed E-state index contributed by atoms with van der Waals surface area (Å²) in [5.41, 5.74) is 6.81. The van der Waals surface area contributed by atoms with E-state index in [0.29, 0.717) is 35.3 Å². The van der Waals surface area contributed by atoms with Crippen LogP contribution in [-0.4, -0.2) is 69.9 Å². The van der Waals surface area contributed by atoms with E-state index in [1.807, 2.05) is 18.2 Å². The maximum absolute atomic E-state index is 6.14. The third-order valence-electron chi connectivity index (χ3n) is 5.31. The van der Waals surface area contributed by atoms with Gasteiger partial charge in [0.2, 0.25) is 11.8 Å². The number of methoxy groups -OCH3 is 1. The number of nitrogens with zero attached hydrogens (tertiary/aromatic N) is 6. The Morgan fingerprint density at radius 3 is 3.00 bits per heavy atom. The first-order valence-electron chi connectivity index (χ1n) is 8.80. The fourth-order valence-electron chi connectivity index (χ4n) is 3.95. The quantitative estimate of drug-likeness (QED) is 0.739. The minimum atomic E-state index is 0.325. The van der Waals surface area contributed by atoms with Gasteiger partial charge in [-0.25, -0.2) is 4.98 Å². The van der Waals surface area contributed by atoms with Gasteiger partial charge in [0.15, 0.2) is 11.4 Å². The zero-order valence-corrected chi connectivity index (χ0v) is 14.6. The summed E-state index contributed by atoms with van der Waals surface area (Å²) in [5.74, 6) is 2.28. The molecular formula is C17H21N7O2. The maximum Gasteiger partial charge on any atom is 0.225 e. The molecule has 3 aromatic heterocycles. The van der Waals surface area contributed by atoms with Crippen molar-refractivity contribution in [2.75, 3.05) is 43.9 Å². The number of furan rings is 1. The van der Waals surface area contributed by atoms with E-state index in [0.717, 1.165) is 38.4 Å². The summed E-state index contributed by atoms with van der Waals surface area (Å²) in [4.78, 5) is 13.9. The van der Waals surface area contributed by atoms with Gasteiger partial charge in [0, 0.05) is 45.4 Å². The molecule has 2 aliphatic heterocycles. The SMILES string of the molecule is CO[C@H]1C[C@@H]2CN(c3cc4nc(-c5ccco5)nn4c(N)n3)CCN2C1. The van der Waals surface area contributed by atoms with Crippen LogP contribution in [0.1, 0.15) is 6.42 Å². The van der Waals surface area contributed by atoms with Gasteiger partial charge < -0.3 is 19.8 Å². The summed E-state index contributed by atoms with van der Waals surface area (Å²) < 4.78 is 12.5.